The normalized spacial score (nSPS) is 18.2. The third kappa shape index (κ3) is 4.40. The van der Waals surface area contributed by atoms with Gasteiger partial charge in [0.15, 0.2) is 0 Å². The maximum Gasteiger partial charge on any atom is 0.229 e. The number of para-hydroxylation sites is 2. The van der Waals surface area contributed by atoms with E-state index in [-0.39, 0.29) is 0 Å². The highest BCUT2D eigenvalue weighted by molar-refractivity contribution is 7.92. The maximum atomic E-state index is 11.3. The first-order valence-corrected chi connectivity index (χ1v) is 8.35. The Bertz CT molecular complexity index is 522. The van der Waals surface area contributed by atoms with E-state index in [1.54, 1.807) is 6.07 Å². The summed E-state index contributed by atoms with van der Waals surface area (Å²) in [5, 5.41) is 3.44. The summed E-state index contributed by atoms with van der Waals surface area (Å²) in [6, 6.07) is 7.82. The molecule has 1 fully saturated rings. The molecule has 2 rings (SSSR count). The van der Waals surface area contributed by atoms with Crippen molar-refractivity contribution < 1.29 is 8.42 Å². The Morgan fingerprint density at radius 3 is 2.32 bits per heavy atom. The molecule has 19 heavy (non-hydrogen) atoms. The summed E-state index contributed by atoms with van der Waals surface area (Å²) in [6.07, 6.45) is 3.31. The predicted octanol–water partition coefficient (Wildman–Crippen LogP) is 1.56. The summed E-state index contributed by atoms with van der Waals surface area (Å²) in [6.45, 7) is 2.14. The minimum absolute atomic E-state index is 0.402. The second kappa shape index (κ2) is 5.79. The highest BCUT2D eigenvalue weighted by atomic mass is 32.2. The van der Waals surface area contributed by atoms with Gasteiger partial charge in [-0.1, -0.05) is 12.1 Å². The third-order valence-corrected chi connectivity index (χ3v) is 3.89. The number of rotatable bonds is 4. The van der Waals surface area contributed by atoms with Crippen LogP contribution in [-0.2, 0) is 10.0 Å². The molecule has 0 radical (unpaired) electrons. The summed E-state index contributed by atoms with van der Waals surface area (Å²) in [5.74, 6) is 0. The van der Waals surface area contributed by atoms with Crippen molar-refractivity contribution in [2.45, 2.75) is 18.9 Å². The first-order valence-electron chi connectivity index (χ1n) is 6.46. The zero-order valence-electron chi connectivity index (χ0n) is 11.4. The number of nitrogens with zero attached hydrogens (tertiary/aromatic N) is 1. The SMILES string of the molecule is CN1CCC(Nc2ccccc2NS(C)(=O)=O)CC1. The van der Waals surface area contributed by atoms with Crippen molar-refractivity contribution in [3.63, 3.8) is 0 Å². The molecule has 6 heteroatoms. The molecule has 0 aromatic heterocycles. The fourth-order valence-electron chi connectivity index (χ4n) is 2.27. The zero-order chi connectivity index (χ0) is 13.9. The lowest BCUT2D eigenvalue weighted by Gasteiger charge is -2.30. The van der Waals surface area contributed by atoms with Crippen LogP contribution in [0.25, 0.3) is 0 Å². The van der Waals surface area contributed by atoms with E-state index >= 15 is 0 Å². The molecule has 1 aliphatic rings. The summed E-state index contributed by atoms with van der Waals surface area (Å²) >= 11 is 0. The van der Waals surface area contributed by atoms with E-state index in [4.69, 9.17) is 0 Å². The van der Waals surface area contributed by atoms with E-state index in [2.05, 4.69) is 22.0 Å². The Balaban J connectivity index is 2.07. The van der Waals surface area contributed by atoms with Gasteiger partial charge >= 0.3 is 0 Å². The van der Waals surface area contributed by atoms with Crippen molar-refractivity contribution in [1.82, 2.24) is 4.90 Å². The first-order chi connectivity index (χ1) is 8.94. The van der Waals surface area contributed by atoms with Crippen LogP contribution in [0, 0.1) is 0 Å². The summed E-state index contributed by atoms with van der Waals surface area (Å²) in [5.41, 5.74) is 1.46. The van der Waals surface area contributed by atoms with Crippen LogP contribution < -0.4 is 10.0 Å². The molecular formula is C13H21N3O2S. The number of anilines is 2. The molecule has 2 N–H and O–H groups in total. The standard InChI is InChI=1S/C13H21N3O2S/c1-16-9-7-11(8-10-16)14-12-5-3-4-6-13(12)15-19(2,17)18/h3-6,11,14-15H,7-10H2,1-2H3. The van der Waals surface area contributed by atoms with Crippen molar-refractivity contribution in [2.24, 2.45) is 0 Å². The van der Waals surface area contributed by atoms with Crippen molar-refractivity contribution >= 4 is 21.4 Å². The molecule has 0 bridgehead atoms. The number of hydrogen-bond donors (Lipinski definition) is 2. The number of piperidine rings is 1. The van der Waals surface area contributed by atoms with E-state index in [0.29, 0.717) is 11.7 Å². The molecule has 0 unspecified atom stereocenters. The van der Waals surface area contributed by atoms with Gasteiger partial charge in [0.2, 0.25) is 10.0 Å². The third-order valence-electron chi connectivity index (χ3n) is 3.30. The lowest BCUT2D eigenvalue weighted by Crippen LogP contribution is -2.36. The summed E-state index contributed by atoms with van der Waals surface area (Å²) in [4.78, 5) is 2.30. The molecule has 1 heterocycles. The van der Waals surface area contributed by atoms with E-state index < -0.39 is 10.0 Å². The quantitative estimate of drug-likeness (QED) is 0.880. The molecule has 5 nitrogen and oxygen atoms in total. The number of hydrogen-bond acceptors (Lipinski definition) is 4. The minimum atomic E-state index is -3.25. The van der Waals surface area contributed by atoms with Crippen LogP contribution in [-0.4, -0.2) is 45.8 Å². The molecular weight excluding hydrogens is 262 g/mol. The molecule has 0 saturated carbocycles. The smallest absolute Gasteiger partial charge is 0.229 e. The molecule has 0 aliphatic carbocycles. The van der Waals surface area contributed by atoms with Gasteiger partial charge in [-0.2, -0.15) is 0 Å². The fourth-order valence-corrected chi connectivity index (χ4v) is 2.85. The van der Waals surface area contributed by atoms with Crippen molar-refractivity contribution in [2.75, 3.05) is 36.4 Å². The van der Waals surface area contributed by atoms with Gasteiger partial charge < -0.3 is 10.2 Å². The molecule has 1 aliphatic heterocycles. The van der Waals surface area contributed by atoms with E-state index in [1.165, 1.54) is 6.26 Å². The van der Waals surface area contributed by atoms with Gasteiger partial charge in [0.25, 0.3) is 0 Å². The van der Waals surface area contributed by atoms with Gasteiger partial charge in [-0.3, -0.25) is 4.72 Å². The van der Waals surface area contributed by atoms with E-state index in [1.807, 2.05) is 18.2 Å². The molecule has 1 aromatic carbocycles. The van der Waals surface area contributed by atoms with Gasteiger partial charge in [0.1, 0.15) is 0 Å². The Morgan fingerprint density at radius 1 is 1.16 bits per heavy atom. The lowest BCUT2D eigenvalue weighted by atomic mass is 10.1. The van der Waals surface area contributed by atoms with Crippen LogP contribution in [0.2, 0.25) is 0 Å². The van der Waals surface area contributed by atoms with Gasteiger partial charge in [0.05, 0.1) is 17.6 Å². The van der Waals surface area contributed by atoms with Gasteiger partial charge in [-0.05, 0) is 45.1 Å². The van der Waals surface area contributed by atoms with Crippen molar-refractivity contribution in [3.8, 4) is 0 Å². The number of nitrogens with one attached hydrogen (secondary N) is 2. The molecule has 0 amide bonds. The number of likely N-dealkylation sites (tertiary alicyclic amines) is 1. The monoisotopic (exact) mass is 283 g/mol. The Kier molecular flexibility index (Phi) is 4.31. The molecule has 106 valence electrons. The molecule has 1 aromatic rings. The largest absolute Gasteiger partial charge is 0.381 e. The first kappa shape index (κ1) is 14.1. The van der Waals surface area contributed by atoms with Gasteiger partial charge in [-0.25, -0.2) is 8.42 Å². The zero-order valence-corrected chi connectivity index (χ0v) is 12.2. The Morgan fingerprint density at radius 2 is 1.74 bits per heavy atom. The van der Waals surface area contributed by atoms with Crippen LogP contribution in [0.5, 0.6) is 0 Å². The highest BCUT2D eigenvalue weighted by Crippen LogP contribution is 2.24. The topological polar surface area (TPSA) is 61.4 Å². The summed E-state index contributed by atoms with van der Waals surface area (Å²) < 4.78 is 25.2. The average molecular weight is 283 g/mol. The molecule has 0 spiro atoms. The van der Waals surface area contributed by atoms with Crippen LogP contribution in [0.1, 0.15) is 12.8 Å². The maximum absolute atomic E-state index is 11.3. The van der Waals surface area contributed by atoms with Crippen LogP contribution >= 0.6 is 0 Å². The van der Waals surface area contributed by atoms with Gasteiger partial charge in [-0.15, -0.1) is 0 Å². The van der Waals surface area contributed by atoms with Crippen molar-refractivity contribution in [3.05, 3.63) is 24.3 Å². The lowest BCUT2D eigenvalue weighted by molar-refractivity contribution is 0.264. The summed E-state index contributed by atoms with van der Waals surface area (Å²) in [7, 11) is -1.13. The van der Waals surface area contributed by atoms with E-state index in [9.17, 15) is 8.42 Å². The van der Waals surface area contributed by atoms with Gasteiger partial charge in [0, 0.05) is 6.04 Å². The number of sulfonamides is 1. The van der Waals surface area contributed by atoms with E-state index in [0.717, 1.165) is 31.6 Å². The van der Waals surface area contributed by atoms with Crippen LogP contribution in [0.3, 0.4) is 0 Å². The average Bonchev–Trinajstić information content (AvgIpc) is 2.33. The second-order valence-electron chi connectivity index (χ2n) is 5.14. The molecule has 0 atom stereocenters. The fraction of sp³-hybridized carbons (Fsp3) is 0.538. The van der Waals surface area contributed by atoms with Crippen LogP contribution in [0.4, 0.5) is 11.4 Å². The predicted molar refractivity (Wildman–Crippen MR) is 79.1 cm³/mol. The Hall–Kier alpha value is -1.27. The van der Waals surface area contributed by atoms with Crippen molar-refractivity contribution in [1.29, 1.82) is 0 Å². The van der Waals surface area contributed by atoms with Crippen LogP contribution in [0.15, 0.2) is 24.3 Å². The molecule has 1 saturated heterocycles. The Labute approximate surface area is 115 Å². The number of benzene rings is 1. The highest BCUT2D eigenvalue weighted by Gasteiger charge is 2.17. The minimum Gasteiger partial charge on any atom is -0.381 e. The second-order valence-corrected chi connectivity index (χ2v) is 6.89.